The second kappa shape index (κ2) is 6.99. The Labute approximate surface area is 151 Å². The highest BCUT2D eigenvalue weighted by atomic mass is 15.2. The molecule has 0 radical (unpaired) electrons. The van der Waals surface area contributed by atoms with E-state index in [-0.39, 0.29) is 0 Å². The van der Waals surface area contributed by atoms with Crippen LogP contribution in [0.1, 0.15) is 29.6 Å². The van der Waals surface area contributed by atoms with Crippen molar-refractivity contribution in [3.63, 3.8) is 0 Å². The molecule has 0 amide bonds. The molecule has 1 aliphatic heterocycles. The monoisotopic (exact) mass is 348 g/mol. The third-order valence-corrected chi connectivity index (χ3v) is 4.40. The lowest BCUT2D eigenvalue weighted by Gasteiger charge is -2.17. The summed E-state index contributed by atoms with van der Waals surface area (Å²) in [6.45, 7) is 5.73. The fourth-order valence-electron chi connectivity index (χ4n) is 3.18. The first-order valence-electron chi connectivity index (χ1n) is 8.59. The van der Waals surface area contributed by atoms with E-state index in [2.05, 4.69) is 40.1 Å². The van der Waals surface area contributed by atoms with Gasteiger partial charge in [0.1, 0.15) is 29.6 Å². The van der Waals surface area contributed by atoms with Gasteiger partial charge in [-0.2, -0.15) is 0 Å². The molecular weight excluding hydrogens is 328 g/mol. The Hall–Kier alpha value is -3.16. The third-order valence-electron chi connectivity index (χ3n) is 4.40. The van der Waals surface area contributed by atoms with Crippen LogP contribution in [0.3, 0.4) is 0 Å². The molecule has 1 atom stereocenters. The Morgan fingerprint density at radius 1 is 1.04 bits per heavy atom. The number of nitrogens with zero attached hydrogens (tertiary/aromatic N) is 7. The van der Waals surface area contributed by atoms with Gasteiger partial charge in [-0.15, -0.1) is 0 Å². The quantitative estimate of drug-likeness (QED) is 0.768. The highest BCUT2D eigenvalue weighted by molar-refractivity contribution is 5.51. The number of nitrogens with one attached hydrogen (secondary N) is 1. The molecule has 26 heavy (non-hydrogen) atoms. The molecule has 0 aliphatic carbocycles. The number of rotatable bonds is 4. The zero-order valence-corrected chi connectivity index (χ0v) is 14.8. The van der Waals surface area contributed by atoms with Crippen molar-refractivity contribution in [1.82, 2.24) is 29.9 Å². The van der Waals surface area contributed by atoms with Crippen molar-refractivity contribution < 1.29 is 0 Å². The Balaban J connectivity index is 1.53. The van der Waals surface area contributed by atoms with Crippen LogP contribution in [0.5, 0.6) is 0 Å². The Kier molecular flexibility index (Phi) is 4.39. The van der Waals surface area contributed by atoms with Gasteiger partial charge in [0, 0.05) is 49.2 Å². The first kappa shape index (κ1) is 16.3. The summed E-state index contributed by atoms with van der Waals surface area (Å²) in [5.74, 6) is 3.47. The SMILES string of the molecule is Cc1cc(N2CCC(c3cc(Nc4cnccn4)nc(C)n3)C2)ncn1. The molecular formula is C18H20N8. The maximum Gasteiger partial charge on any atom is 0.150 e. The van der Waals surface area contributed by atoms with E-state index in [1.807, 2.05) is 26.0 Å². The van der Waals surface area contributed by atoms with E-state index in [9.17, 15) is 0 Å². The highest BCUT2D eigenvalue weighted by Crippen LogP contribution is 2.30. The van der Waals surface area contributed by atoms with Gasteiger partial charge < -0.3 is 10.2 Å². The summed E-state index contributed by atoms with van der Waals surface area (Å²) in [5, 5.41) is 3.20. The van der Waals surface area contributed by atoms with E-state index < -0.39 is 0 Å². The topological polar surface area (TPSA) is 92.6 Å². The van der Waals surface area contributed by atoms with Crippen LogP contribution in [-0.2, 0) is 0 Å². The van der Waals surface area contributed by atoms with Crippen LogP contribution in [0.15, 0.2) is 37.1 Å². The van der Waals surface area contributed by atoms with E-state index in [4.69, 9.17) is 0 Å². The number of anilines is 3. The smallest absolute Gasteiger partial charge is 0.150 e. The van der Waals surface area contributed by atoms with Crippen LogP contribution >= 0.6 is 0 Å². The van der Waals surface area contributed by atoms with Crippen molar-refractivity contribution in [3.8, 4) is 0 Å². The number of hydrogen-bond donors (Lipinski definition) is 1. The molecule has 1 N–H and O–H groups in total. The Bertz CT molecular complexity index is 899. The van der Waals surface area contributed by atoms with Crippen molar-refractivity contribution in [2.75, 3.05) is 23.3 Å². The minimum absolute atomic E-state index is 0.342. The molecule has 1 fully saturated rings. The standard InChI is InChI=1S/C18H20N8/c1-12-7-18(22-11-21-12)26-6-3-14(10-26)15-8-16(24-13(2)23-15)25-17-9-19-4-5-20-17/h4-5,7-9,11,14H,3,6,10H2,1-2H3,(H,20,23,24,25). The Morgan fingerprint density at radius 2 is 1.96 bits per heavy atom. The fourth-order valence-corrected chi connectivity index (χ4v) is 3.18. The second-order valence-corrected chi connectivity index (χ2v) is 6.39. The van der Waals surface area contributed by atoms with Crippen molar-refractivity contribution >= 4 is 17.5 Å². The van der Waals surface area contributed by atoms with Gasteiger partial charge in [-0.1, -0.05) is 0 Å². The molecule has 1 saturated heterocycles. The zero-order valence-electron chi connectivity index (χ0n) is 14.8. The number of hydrogen-bond acceptors (Lipinski definition) is 8. The normalized spacial score (nSPS) is 16.7. The largest absolute Gasteiger partial charge is 0.356 e. The highest BCUT2D eigenvalue weighted by Gasteiger charge is 2.26. The first-order valence-corrected chi connectivity index (χ1v) is 8.59. The van der Waals surface area contributed by atoms with Gasteiger partial charge in [0.2, 0.25) is 0 Å². The minimum atomic E-state index is 0.342. The van der Waals surface area contributed by atoms with Gasteiger partial charge >= 0.3 is 0 Å². The number of aromatic nitrogens is 6. The van der Waals surface area contributed by atoms with Crippen molar-refractivity contribution in [3.05, 3.63) is 54.3 Å². The van der Waals surface area contributed by atoms with Crippen LogP contribution in [0.4, 0.5) is 17.5 Å². The molecule has 1 unspecified atom stereocenters. The van der Waals surface area contributed by atoms with Crippen molar-refractivity contribution in [1.29, 1.82) is 0 Å². The van der Waals surface area contributed by atoms with Gasteiger partial charge in [-0.3, -0.25) is 4.98 Å². The van der Waals surface area contributed by atoms with E-state index in [0.717, 1.165) is 48.4 Å². The summed E-state index contributed by atoms with van der Waals surface area (Å²) in [5.41, 5.74) is 2.02. The van der Waals surface area contributed by atoms with E-state index in [1.165, 1.54) is 0 Å². The van der Waals surface area contributed by atoms with Gasteiger partial charge in [0.15, 0.2) is 0 Å². The van der Waals surface area contributed by atoms with Gasteiger partial charge in [0.25, 0.3) is 0 Å². The second-order valence-electron chi connectivity index (χ2n) is 6.39. The summed E-state index contributed by atoms with van der Waals surface area (Å²) in [6, 6.07) is 4.02. The lowest BCUT2D eigenvalue weighted by atomic mass is 10.0. The molecule has 0 bridgehead atoms. The zero-order chi connectivity index (χ0) is 17.9. The summed E-state index contributed by atoms with van der Waals surface area (Å²) in [4.78, 5) is 28.3. The van der Waals surface area contributed by atoms with Gasteiger partial charge in [-0.25, -0.2) is 24.9 Å². The van der Waals surface area contributed by atoms with E-state index >= 15 is 0 Å². The maximum atomic E-state index is 4.66. The van der Waals surface area contributed by atoms with E-state index in [0.29, 0.717) is 11.7 Å². The third kappa shape index (κ3) is 3.58. The van der Waals surface area contributed by atoms with Crippen LogP contribution in [0.25, 0.3) is 0 Å². The summed E-state index contributed by atoms with van der Waals surface area (Å²) in [7, 11) is 0. The average molecular weight is 348 g/mol. The summed E-state index contributed by atoms with van der Waals surface area (Å²) < 4.78 is 0. The summed E-state index contributed by atoms with van der Waals surface area (Å²) in [6.07, 6.45) is 7.62. The molecule has 1 aliphatic rings. The molecule has 3 aromatic rings. The first-order chi connectivity index (χ1) is 12.7. The molecule has 4 heterocycles. The van der Waals surface area contributed by atoms with Crippen LogP contribution in [0, 0.1) is 13.8 Å². The van der Waals surface area contributed by atoms with Gasteiger partial charge in [0.05, 0.1) is 11.9 Å². The minimum Gasteiger partial charge on any atom is -0.356 e. The van der Waals surface area contributed by atoms with Crippen LogP contribution in [0.2, 0.25) is 0 Å². The average Bonchev–Trinajstić information content (AvgIpc) is 3.12. The predicted molar refractivity (Wildman–Crippen MR) is 98.4 cm³/mol. The molecule has 132 valence electrons. The van der Waals surface area contributed by atoms with Crippen molar-refractivity contribution in [2.45, 2.75) is 26.2 Å². The van der Waals surface area contributed by atoms with Gasteiger partial charge in [-0.05, 0) is 20.3 Å². The van der Waals surface area contributed by atoms with Crippen molar-refractivity contribution in [2.24, 2.45) is 0 Å². The predicted octanol–water partition coefficient (Wildman–Crippen LogP) is 2.41. The Morgan fingerprint density at radius 3 is 2.77 bits per heavy atom. The fraction of sp³-hybridized carbons (Fsp3) is 0.333. The van der Waals surface area contributed by atoms with Crippen LogP contribution in [-0.4, -0.2) is 43.0 Å². The summed E-state index contributed by atoms with van der Waals surface area (Å²) >= 11 is 0. The maximum absolute atomic E-state index is 4.66. The molecule has 0 spiro atoms. The molecule has 4 rings (SSSR count). The molecule has 0 aromatic carbocycles. The lowest BCUT2D eigenvalue weighted by molar-refractivity contribution is 0.733. The molecule has 8 heteroatoms. The lowest BCUT2D eigenvalue weighted by Crippen LogP contribution is -2.21. The molecule has 8 nitrogen and oxygen atoms in total. The molecule has 0 saturated carbocycles. The molecule has 3 aromatic heterocycles. The number of aryl methyl sites for hydroxylation is 2. The van der Waals surface area contributed by atoms with Crippen LogP contribution < -0.4 is 10.2 Å². The van der Waals surface area contributed by atoms with E-state index in [1.54, 1.807) is 24.9 Å².